The summed E-state index contributed by atoms with van der Waals surface area (Å²) in [4.78, 5) is 50.7. The first kappa shape index (κ1) is 19.2. The van der Waals surface area contributed by atoms with Gasteiger partial charge < -0.3 is 4.90 Å². The molecule has 1 heterocycles. The van der Waals surface area contributed by atoms with Crippen LogP contribution in [0.2, 0.25) is 0 Å². The zero-order valence-electron chi connectivity index (χ0n) is 15.5. The van der Waals surface area contributed by atoms with Gasteiger partial charge in [0.25, 0.3) is 17.5 Å². The topological polar surface area (TPSA) is 101 Å². The van der Waals surface area contributed by atoms with Crippen LogP contribution in [0.3, 0.4) is 0 Å². The van der Waals surface area contributed by atoms with Crippen LogP contribution < -0.4 is 0 Å². The normalized spacial score (nSPS) is 13.0. The zero-order chi connectivity index (χ0) is 20.4. The van der Waals surface area contributed by atoms with Gasteiger partial charge in [0.15, 0.2) is 0 Å². The lowest BCUT2D eigenvalue weighted by atomic mass is 10.1. The van der Waals surface area contributed by atoms with Gasteiger partial charge in [0, 0.05) is 24.7 Å². The number of nitrogens with zero attached hydrogens (tertiary/aromatic N) is 3. The fourth-order valence-corrected chi connectivity index (χ4v) is 3.10. The minimum absolute atomic E-state index is 0.0499. The molecule has 28 heavy (non-hydrogen) atoms. The van der Waals surface area contributed by atoms with E-state index in [-0.39, 0.29) is 28.8 Å². The smallest absolute Gasteiger partial charge is 0.270 e. The van der Waals surface area contributed by atoms with Crippen molar-refractivity contribution in [1.82, 2.24) is 9.80 Å². The molecule has 0 saturated heterocycles. The summed E-state index contributed by atoms with van der Waals surface area (Å²) in [6, 6.07) is 12.8. The highest BCUT2D eigenvalue weighted by molar-refractivity contribution is 6.22. The van der Waals surface area contributed by atoms with Gasteiger partial charge in [-0.15, -0.1) is 0 Å². The van der Waals surface area contributed by atoms with E-state index in [1.807, 2.05) is 44.2 Å². The lowest BCUT2D eigenvalue weighted by Gasteiger charge is -2.28. The SMILES string of the molecule is CC(C)N(Cc1ccccc1)C(=O)CN1C(=O)c2ccc([N+](=O)[O-])cc2C1=O. The first-order valence-corrected chi connectivity index (χ1v) is 8.77. The lowest BCUT2D eigenvalue weighted by Crippen LogP contribution is -2.45. The highest BCUT2D eigenvalue weighted by Gasteiger charge is 2.38. The van der Waals surface area contributed by atoms with E-state index in [0.717, 1.165) is 16.5 Å². The number of carbonyl (C=O) groups is 3. The third-order valence-electron chi connectivity index (χ3n) is 4.60. The number of nitro groups is 1. The van der Waals surface area contributed by atoms with Crippen molar-refractivity contribution >= 4 is 23.4 Å². The summed E-state index contributed by atoms with van der Waals surface area (Å²) < 4.78 is 0. The van der Waals surface area contributed by atoms with Crippen molar-refractivity contribution in [2.45, 2.75) is 26.4 Å². The van der Waals surface area contributed by atoms with Gasteiger partial charge in [-0.1, -0.05) is 30.3 Å². The highest BCUT2D eigenvalue weighted by Crippen LogP contribution is 2.27. The number of hydrogen-bond acceptors (Lipinski definition) is 5. The summed E-state index contributed by atoms with van der Waals surface area (Å²) in [5.74, 6) is -1.69. The highest BCUT2D eigenvalue weighted by atomic mass is 16.6. The molecule has 0 bridgehead atoms. The maximum atomic E-state index is 12.8. The number of non-ortho nitro benzene ring substituents is 1. The molecule has 0 radical (unpaired) electrons. The number of hydrogen-bond donors (Lipinski definition) is 0. The van der Waals surface area contributed by atoms with Crippen LogP contribution in [0, 0.1) is 10.1 Å². The Labute approximate surface area is 161 Å². The Morgan fingerprint density at radius 3 is 2.32 bits per heavy atom. The molecule has 3 amide bonds. The number of carbonyl (C=O) groups excluding carboxylic acids is 3. The molecule has 144 valence electrons. The van der Waals surface area contributed by atoms with E-state index in [0.29, 0.717) is 6.54 Å². The van der Waals surface area contributed by atoms with Gasteiger partial charge in [-0.25, -0.2) is 0 Å². The first-order chi connectivity index (χ1) is 13.3. The third-order valence-corrected chi connectivity index (χ3v) is 4.60. The van der Waals surface area contributed by atoms with Gasteiger partial charge in [0.1, 0.15) is 6.54 Å². The molecular weight excluding hydrogens is 362 g/mol. The van der Waals surface area contributed by atoms with E-state index in [1.165, 1.54) is 12.1 Å². The Hall–Kier alpha value is -3.55. The summed E-state index contributed by atoms with van der Waals surface area (Å²) in [5, 5.41) is 10.9. The molecule has 0 atom stereocenters. The molecule has 8 heteroatoms. The summed E-state index contributed by atoms with van der Waals surface area (Å²) >= 11 is 0. The molecule has 0 saturated carbocycles. The number of imide groups is 1. The van der Waals surface area contributed by atoms with Crippen LogP contribution in [-0.2, 0) is 11.3 Å². The molecule has 0 aliphatic carbocycles. The van der Waals surface area contributed by atoms with Gasteiger partial charge >= 0.3 is 0 Å². The molecule has 1 aliphatic rings. The maximum Gasteiger partial charge on any atom is 0.270 e. The van der Waals surface area contributed by atoms with Gasteiger partial charge in [0.05, 0.1) is 16.1 Å². The molecule has 2 aromatic rings. The minimum Gasteiger partial charge on any atom is -0.334 e. The van der Waals surface area contributed by atoms with E-state index in [9.17, 15) is 24.5 Å². The number of nitro benzene ring substituents is 1. The Morgan fingerprint density at radius 1 is 1.07 bits per heavy atom. The van der Waals surface area contributed by atoms with Crippen LogP contribution in [0.1, 0.15) is 40.1 Å². The third kappa shape index (κ3) is 3.62. The maximum absolute atomic E-state index is 12.8. The number of amides is 3. The largest absolute Gasteiger partial charge is 0.334 e. The molecule has 0 unspecified atom stereocenters. The monoisotopic (exact) mass is 381 g/mol. The molecule has 0 N–H and O–H groups in total. The second-order valence-corrected chi connectivity index (χ2v) is 6.78. The second kappa shape index (κ2) is 7.59. The van der Waals surface area contributed by atoms with Crippen LogP contribution in [0.4, 0.5) is 5.69 Å². The average Bonchev–Trinajstić information content (AvgIpc) is 2.91. The molecular formula is C20H19N3O5. The molecule has 0 fully saturated rings. The van der Waals surface area contributed by atoms with Gasteiger partial charge in [-0.05, 0) is 25.5 Å². The Balaban J connectivity index is 1.80. The standard InChI is InChI=1S/C20H19N3O5/c1-13(2)21(11-14-6-4-3-5-7-14)18(24)12-22-19(25)16-9-8-15(23(27)28)10-17(16)20(22)26/h3-10,13H,11-12H2,1-2H3. The van der Waals surface area contributed by atoms with Crippen molar-refractivity contribution in [3.05, 3.63) is 75.3 Å². The van der Waals surface area contributed by atoms with Crippen molar-refractivity contribution in [3.8, 4) is 0 Å². The van der Waals surface area contributed by atoms with Gasteiger partial charge in [0.2, 0.25) is 5.91 Å². The summed E-state index contributed by atoms with van der Waals surface area (Å²) in [7, 11) is 0. The number of benzene rings is 2. The van der Waals surface area contributed by atoms with Crippen LogP contribution in [0.25, 0.3) is 0 Å². The molecule has 0 aromatic heterocycles. The lowest BCUT2D eigenvalue weighted by molar-refractivity contribution is -0.384. The number of fused-ring (bicyclic) bond motifs is 1. The van der Waals surface area contributed by atoms with E-state index in [4.69, 9.17) is 0 Å². The van der Waals surface area contributed by atoms with Crippen molar-refractivity contribution in [2.75, 3.05) is 6.54 Å². The van der Waals surface area contributed by atoms with Gasteiger partial charge in [-0.2, -0.15) is 0 Å². The van der Waals surface area contributed by atoms with E-state index >= 15 is 0 Å². The molecule has 3 rings (SSSR count). The van der Waals surface area contributed by atoms with Crippen molar-refractivity contribution in [1.29, 1.82) is 0 Å². The predicted octanol–water partition coefficient (Wildman–Crippen LogP) is 2.63. The first-order valence-electron chi connectivity index (χ1n) is 8.77. The fraction of sp³-hybridized carbons (Fsp3) is 0.250. The van der Waals surface area contributed by atoms with Crippen LogP contribution in [0.15, 0.2) is 48.5 Å². The average molecular weight is 381 g/mol. The summed E-state index contributed by atoms with van der Waals surface area (Å²) in [6.45, 7) is 3.65. The Kier molecular flexibility index (Phi) is 5.21. The van der Waals surface area contributed by atoms with Crippen molar-refractivity contribution in [3.63, 3.8) is 0 Å². The molecule has 8 nitrogen and oxygen atoms in total. The molecule has 2 aromatic carbocycles. The van der Waals surface area contributed by atoms with Gasteiger partial charge in [-0.3, -0.25) is 29.4 Å². The Morgan fingerprint density at radius 2 is 1.71 bits per heavy atom. The van der Waals surface area contributed by atoms with E-state index < -0.39 is 23.3 Å². The fourth-order valence-electron chi connectivity index (χ4n) is 3.10. The zero-order valence-corrected chi connectivity index (χ0v) is 15.5. The molecule has 1 aliphatic heterocycles. The summed E-state index contributed by atoms with van der Waals surface area (Å²) in [6.07, 6.45) is 0. The van der Waals surface area contributed by atoms with Crippen LogP contribution >= 0.6 is 0 Å². The second-order valence-electron chi connectivity index (χ2n) is 6.78. The van der Waals surface area contributed by atoms with Crippen LogP contribution in [0.5, 0.6) is 0 Å². The van der Waals surface area contributed by atoms with E-state index in [1.54, 1.807) is 4.90 Å². The van der Waals surface area contributed by atoms with Crippen molar-refractivity contribution < 1.29 is 19.3 Å². The quantitative estimate of drug-likeness (QED) is 0.435. The van der Waals surface area contributed by atoms with Crippen LogP contribution in [-0.4, -0.2) is 45.0 Å². The number of rotatable bonds is 6. The minimum atomic E-state index is -0.694. The van der Waals surface area contributed by atoms with Crippen molar-refractivity contribution in [2.24, 2.45) is 0 Å². The van der Waals surface area contributed by atoms with E-state index in [2.05, 4.69) is 0 Å². The Bertz CT molecular complexity index is 956. The predicted molar refractivity (Wildman–Crippen MR) is 101 cm³/mol. The summed E-state index contributed by atoms with van der Waals surface area (Å²) in [5.41, 5.74) is 0.678. The molecule has 0 spiro atoms.